The fourth-order valence-corrected chi connectivity index (χ4v) is 3.11. The maximum atomic E-state index is 13.4. The van der Waals surface area contributed by atoms with Gasteiger partial charge in [0.2, 0.25) is 0 Å². The van der Waals surface area contributed by atoms with Crippen LogP contribution in [0.2, 0.25) is 5.02 Å². The molecule has 2 aromatic carbocycles. The lowest BCUT2D eigenvalue weighted by Gasteiger charge is -2.15. The summed E-state index contributed by atoms with van der Waals surface area (Å²) in [7, 11) is 1.32. The van der Waals surface area contributed by atoms with E-state index in [9.17, 15) is 14.0 Å². The largest absolute Gasteiger partial charge is 0.465 e. The highest BCUT2D eigenvalue weighted by Gasteiger charge is 2.26. The van der Waals surface area contributed by atoms with Crippen molar-refractivity contribution in [1.29, 1.82) is 0 Å². The first-order valence-electron chi connectivity index (χ1n) is 7.46. The number of hydrogen-bond donors (Lipinski definition) is 1. The van der Waals surface area contributed by atoms with E-state index in [1.807, 2.05) is 6.07 Å². The third-order valence-corrected chi connectivity index (χ3v) is 4.45. The smallest absolute Gasteiger partial charge is 0.337 e. The average molecular weight is 348 g/mol. The number of nitrogens with one attached hydrogen (secondary N) is 1. The molecule has 1 aliphatic carbocycles. The number of carbonyl (C=O) groups excluding carboxylic acids is 2. The number of methoxy groups -OCH3 is 1. The van der Waals surface area contributed by atoms with Gasteiger partial charge in [-0.25, -0.2) is 9.18 Å². The van der Waals surface area contributed by atoms with Crippen molar-refractivity contribution in [3.05, 3.63) is 69.5 Å². The molecule has 1 atom stereocenters. The van der Waals surface area contributed by atoms with Gasteiger partial charge in [-0.05, 0) is 54.3 Å². The van der Waals surface area contributed by atoms with Crippen LogP contribution < -0.4 is 5.32 Å². The fourth-order valence-electron chi connectivity index (χ4n) is 2.90. The zero-order valence-corrected chi connectivity index (χ0v) is 13.7. The zero-order valence-electron chi connectivity index (χ0n) is 12.9. The van der Waals surface area contributed by atoms with Crippen LogP contribution in [0.1, 0.15) is 44.3 Å². The van der Waals surface area contributed by atoms with E-state index in [1.54, 1.807) is 12.1 Å². The number of halogens is 2. The Balaban J connectivity index is 1.85. The first-order chi connectivity index (χ1) is 11.5. The van der Waals surface area contributed by atoms with E-state index in [2.05, 4.69) is 5.32 Å². The summed E-state index contributed by atoms with van der Waals surface area (Å²) in [6.07, 6.45) is 1.50. The van der Waals surface area contributed by atoms with Crippen LogP contribution in [-0.4, -0.2) is 19.0 Å². The Morgan fingerprint density at radius 3 is 2.79 bits per heavy atom. The lowest BCUT2D eigenvalue weighted by molar-refractivity contribution is 0.0600. The maximum Gasteiger partial charge on any atom is 0.337 e. The Morgan fingerprint density at radius 1 is 1.25 bits per heavy atom. The molecule has 1 aliphatic rings. The Labute approximate surface area is 143 Å². The van der Waals surface area contributed by atoms with E-state index < -0.39 is 17.7 Å². The Bertz CT molecular complexity index is 822. The van der Waals surface area contributed by atoms with Gasteiger partial charge in [0.05, 0.1) is 29.3 Å². The third kappa shape index (κ3) is 3.12. The number of amides is 1. The van der Waals surface area contributed by atoms with Crippen LogP contribution in [0, 0.1) is 5.82 Å². The number of benzene rings is 2. The number of rotatable bonds is 3. The molecule has 0 heterocycles. The van der Waals surface area contributed by atoms with Crippen molar-refractivity contribution in [2.75, 3.05) is 7.11 Å². The van der Waals surface area contributed by atoms with E-state index in [4.69, 9.17) is 16.3 Å². The van der Waals surface area contributed by atoms with Gasteiger partial charge in [-0.3, -0.25) is 4.79 Å². The van der Waals surface area contributed by atoms with E-state index in [-0.39, 0.29) is 16.6 Å². The molecule has 3 rings (SSSR count). The molecule has 0 bridgehead atoms. The minimum absolute atomic E-state index is 0.0919. The van der Waals surface area contributed by atoms with E-state index in [0.717, 1.165) is 23.6 Å². The predicted octanol–water partition coefficient (Wildman–Crippen LogP) is 3.68. The first kappa shape index (κ1) is 16.5. The van der Waals surface area contributed by atoms with Gasteiger partial charge in [0.1, 0.15) is 5.82 Å². The first-order valence-corrected chi connectivity index (χ1v) is 7.84. The molecule has 4 nitrogen and oxygen atoms in total. The second-order valence-electron chi connectivity index (χ2n) is 5.59. The molecule has 0 aliphatic heterocycles. The third-order valence-electron chi connectivity index (χ3n) is 4.12. The molecular formula is C18H15ClFNO3. The van der Waals surface area contributed by atoms with Crippen LogP contribution in [0.5, 0.6) is 0 Å². The van der Waals surface area contributed by atoms with Crippen molar-refractivity contribution >= 4 is 23.5 Å². The van der Waals surface area contributed by atoms with Crippen LogP contribution in [0.4, 0.5) is 4.39 Å². The molecule has 0 aromatic heterocycles. The summed E-state index contributed by atoms with van der Waals surface area (Å²) in [6.45, 7) is 0. The van der Waals surface area contributed by atoms with Crippen molar-refractivity contribution in [3.8, 4) is 0 Å². The standard InChI is InChI=1S/C18H15ClFNO3/c1-24-18(23)11-3-2-10-4-7-16(13(10)8-11)21-17(22)14-9-12(20)5-6-15(14)19/h2-3,5-6,8-9,16H,4,7H2,1H3,(H,21,22)/t16-/m1/s1. The number of hydrogen-bond acceptors (Lipinski definition) is 3. The summed E-state index contributed by atoms with van der Waals surface area (Å²) in [6, 6.07) is 8.71. The summed E-state index contributed by atoms with van der Waals surface area (Å²) in [5.41, 5.74) is 2.47. The van der Waals surface area contributed by atoms with Crippen molar-refractivity contribution in [2.24, 2.45) is 0 Å². The summed E-state index contributed by atoms with van der Waals surface area (Å²) >= 11 is 5.97. The highest BCUT2D eigenvalue weighted by molar-refractivity contribution is 6.33. The monoisotopic (exact) mass is 347 g/mol. The highest BCUT2D eigenvalue weighted by atomic mass is 35.5. The topological polar surface area (TPSA) is 55.4 Å². The fraction of sp³-hybridized carbons (Fsp3) is 0.222. The molecule has 2 aromatic rings. The molecule has 0 radical (unpaired) electrons. The minimum atomic E-state index is -0.524. The molecule has 0 saturated carbocycles. The highest BCUT2D eigenvalue weighted by Crippen LogP contribution is 2.32. The molecular weight excluding hydrogens is 333 g/mol. The molecule has 124 valence electrons. The van der Waals surface area contributed by atoms with Crippen LogP contribution in [0.25, 0.3) is 0 Å². The zero-order chi connectivity index (χ0) is 17.3. The number of ether oxygens (including phenoxy) is 1. The second-order valence-corrected chi connectivity index (χ2v) is 6.00. The van der Waals surface area contributed by atoms with Gasteiger partial charge in [0, 0.05) is 0 Å². The molecule has 24 heavy (non-hydrogen) atoms. The van der Waals surface area contributed by atoms with Crippen LogP contribution in [-0.2, 0) is 11.2 Å². The summed E-state index contributed by atoms with van der Waals surface area (Å²) in [5, 5.41) is 3.05. The van der Waals surface area contributed by atoms with Crippen LogP contribution in [0.3, 0.4) is 0 Å². The number of aryl methyl sites for hydroxylation is 1. The Morgan fingerprint density at radius 2 is 2.04 bits per heavy atom. The van der Waals surface area contributed by atoms with Crippen molar-refractivity contribution in [2.45, 2.75) is 18.9 Å². The minimum Gasteiger partial charge on any atom is -0.465 e. The maximum absolute atomic E-state index is 13.4. The SMILES string of the molecule is COC(=O)c1ccc2c(c1)[C@H](NC(=O)c1cc(F)ccc1Cl)CC2. The van der Waals surface area contributed by atoms with Gasteiger partial charge in [0.25, 0.3) is 5.91 Å². The van der Waals surface area contributed by atoms with Gasteiger partial charge in [0.15, 0.2) is 0 Å². The molecule has 1 N–H and O–H groups in total. The Hall–Kier alpha value is -2.40. The van der Waals surface area contributed by atoms with Crippen LogP contribution in [0.15, 0.2) is 36.4 Å². The lowest BCUT2D eigenvalue weighted by atomic mass is 10.0. The van der Waals surface area contributed by atoms with E-state index >= 15 is 0 Å². The normalized spacial score (nSPS) is 15.7. The predicted molar refractivity (Wildman–Crippen MR) is 87.7 cm³/mol. The van der Waals surface area contributed by atoms with Gasteiger partial charge in [-0.2, -0.15) is 0 Å². The van der Waals surface area contributed by atoms with Gasteiger partial charge < -0.3 is 10.1 Å². The molecule has 0 unspecified atom stereocenters. The number of esters is 1. The van der Waals surface area contributed by atoms with Crippen LogP contribution >= 0.6 is 11.6 Å². The number of fused-ring (bicyclic) bond motifs is 1. The number of carbonyl (C=O) groups is 2. The van der Waals surface area contributed by atoms with Gasteiger partial charge in [-0.1, -0.05) is 17.7 Å². The molecule has 0 fully saturated rings. The summed E-state index contributed by atoms with van der Waals surface area (Å²) in [4.78, 5) is 24.1. The van der Waals surface area contributed by atoms with Gasteiger partial charge >= 0.3 is 5.97 Å². The van der Waals surface area contributed by atoms with E-state index in [0.29, 0.717) is 12.0 Å². The lowest BCUT2D eigenvalue weighted by Crippen LogP contribution is -2.27. The molecule has 0 saturated heterocycles. The Kier molecular flexibility index (Phi) is 4.53. The second kappa shape index (κ2) is 6.61. The molecule has 6 heteroatoms. The molecule has 0 spiro atoms. The van der Waals surface area contributed by atoms with Gasteiger partial charge in [-0.15, -0.1) is 0 Å². The summed E-state index contributed by atoms with van der Waals surface area (Å²) < 4.78 is 18.1. The molecule has 1 amide bonds. The van der Waals surface area contributed by atoms with Crippen molar-refractivity contribution in [1.82, 2.24) is 5.32 Å². The quantitative estimate of drug-likeness (QED) is 0.862. The van der Waals surface area contributed by atoms with Crippen molar-refractivity contribution in [3.63, 3.8) is 0 Å². The summed E-state index contributed by atoms with van der Waals surface area (Å²) in [5.74, 6) is -1.40. The average Bonchev–Trinajstić information content (AvgIpc) is 2.98. The van der Waals surface area contributed by atoms with E-state index in [1.165, 1.54) is 19.2 Å². The van der Waals surface area contributed by atoms with Crippen molar-refractivity contribution < 1.29 is 18.7 Å².